The third kappa shape index (κ3) is 1.95. The van der Waals surface area contributed by atoms with Crippen molar-refractivity contribution >= 4 is 11.4 Å². The first-order chi connectivity index (χ1) is 9.72. The van der Waals surface area contributed by atoms with Crippen LogP contribution in [0, 0.1) is 0 Å². The standard InChI is InChI=1S/C16H15N3O/c1-3-10(4-2)11-5-6-13-12(7-11)9-20-16-15(13)18-8-14(17)19-16/h3-8H,1,9H2,2H3,(H2,17,19)/b10-4+. The van der Waals surface area contributed by atoms with Crippen LogP contribution in [0.3, 0.4) is 0 Å². The molecular weight excluding hydrogens is 250 g/mol. The molecular formula is C16H15N3O. The monoisotopic (exact) mass is 265 g/mol. The van der Waals surface area contributed by atoms with E-state index in [-0.39, 0.29) is 0 Å². The molecule has 2 N–H and O–H groups in total. The van der Waals surface area contributed by atoms with E-state index in [1.807, 2.05) is 25.1 Å². The summed E-state index contributed by atoms with van der Waals surface area (Å²) in [6, 6.07) is 6.21. The van der Waals surface area contributed by atoms with Gasteiger partial charge in [0, 0.05) is 5.56 Å². The summed E-state index contributed by atoms with van der Waals surface area (Å²) in [5, 5.41) is 0. The lowest BCUT2D eigenvalue weighted by atomic mass is 9.96. The van der Waals surface area contributed by atoms with Crippen molar-refractivity contribution in [3.8, 4) is 17.1 Å². The van der Waals surface area contributed by atoms with E-state index >= 15 is 0 Å². The van der Waals surface area contributed by atoms with Crippen molar-refractivity contribution < 1.29 is 4.74 Å². The number of aromatic nitrogens is 2. The number of nitrogens with zero attached hydrogens (tertiary/aromatic N) is 2. The largest absolute Gasteiger partial charge is 0.471 e. The van der Waals surface area contributed by atoms with Crippen LogP contribution in [0.1, 0.15) is 18.1 Å². The van der Waals surface area contributed by atoms with Crippen LogP contribution < -0.4 is 10.5 Å². The van der Waals surface area contributed by atoms with E-state index in [1.165, 1.54) is 0 Å². The fourth-order valence-corrected chi connectivity index (χ4v) is 2.34. The van der Waals surface area contributed by atoms with Gasteiger partial charge >= 0.3 is 0 Å². The highest BCUT2D eigenvalue weighted by molar-refractivity contribution is 5.78. The number of anilines is 1. The van der Waals surface area contributed by atoms with Gasteiger partial charge < -0.3 is 10.5 Å². The maximum absolute atomic E-state index is 5.63. The Morgan fingerprint density at radius 3 is 3.05 bits per heavy atom. The lowest BCUT2D eigenvalue weighted by molar-refractivity contribution is 0.289. The van der Waals surface area contributed by atoms with E-state index < -0.39 is 0 Å². The second-order valence-corrected chi connectivity index (χ2v) is 4.56. The van der Waals surface area contributed by atoms with Crippen molar-refractivity contribution in [3.05, 3.63) is 54.3 Å². The van der Waals surface area contributed by atoms with Crippen molar-refractivity contribution in [2.75, 3.05) is 5.73 Å². The predicted molar refractivity (Wildman–Crippen MR) is 80.1 cm³/mol. The minimum atomic E-state index is 0.367. The molecule has 3 rings (SSSR count). The van der Waals surface area contributed by atoms with Crippen molar-refractivity contribution in [2.24, 2.45) is 0 Å². The van der Waals surface area contributed by atoms with Crippen LogP contribution in [-0.2, 0) is 6.61 Å². The molecule has 0 saturated heterocycles. The molecule has 20 heavy (non-hydrogen) atoms. The Hall–Kier alpha value is -2.62. The Morgan fingerprint density at radius 1 is 1.45 bits per heavy atom. The maximum Gasteiger partial charge on any atom is 0.242 e. The van der Waals surface area contributed by atoms with Crippen molar-refractivity contribution in [1.29, 1.82) is 0 Å². The summed E-state index contributed by atoms with van der Waals surface area (Å²) in [5.41, 5.74) is 10.7. The molecule has 0 unspecified atom stereocenters. The lowest BCUT2D eigenvalue weighted by Gasteiger charge is -2.19. The number of nitrogen functional groups attached to an aromatic ring is 1. The van der Waals surface area contributed by atoms with Crippen LogP contribution in [0.4, 0.5) is 5.82 Å². The Bertz CT molecular complexity index is 720. The first-order valence-corrected chi connectivity index (χ1v) is 6.40. The van der Waals surface area contributed by atoms with Gasteiger partial charge in [0.15, 0.2) is 0 Å². The summed E-state index contributed by atoms with van der Waals surface area (Å²) in [6.45, 7) is 6.30. The molecule has 2 heterocycles. The number of nitrogens with two attached hydrogens (primary N) is 1. The van der Waals surface area contributed by atoms with Crippen LogP contribution >= 0.6 is 0 Å². The van der Waals surface area contributed by atoms with Gasteiger partial charge in [0.25, 0.3) is 0 Å². The zero-order valence-corrected chi connectivity index (χ0v) is 11.3. The molecule has 2 aromatic rings. The van der Waals surface area contributed by atoms with Gasteiger partial charge in [-0.2, -0.15) is 4.98 Å². The van der Waals surface area contributed by atoms with Crippen LogP contribution in [0.15, 0.2) is 43.1 Å². The molecule has 1 aromatic carbocycles. The topological polar surface area (TPSA) is 61.0 Å². The molecule has 0 bridgehead atoms. The molecule has 0 amide bonds. The van der Waals surface area contributed by atoms with Gasteiger partial charge in [-0.25, -0.2) is 4.98 Å². The molecule has 1 aromatic heterocycles. The molecule has 4 nitrogen and oxygen atoms in total. The molecule has 100 valence electrons. The molecule has 4 heteroatoms. The molecule has 0 spiro atoms. The average molecular weight is 265 g/mol. The third-order valence-corrected chi connectivity index (χ3v) is 3.35. The quantitative estimate of drug-likeness (QED) is 0.847. The fourth-order valence-electron chi connectivity index (χ4n) is 2.34. The molecule has 0 aliphatic carbocycles. The highest BCUT2D eigenvalue weighted by Gasteiger charge is 2.20. The van der Waals surface area contributed by atoms with Crippen molar-refractivity contribution in [1.82, 2.24) is 9.97 Å². The summed E-state index contributed by atoms with van der Waals surface area (Å²) in [4.78, 5) is 8.50. The van der Waals surface area contributed by atoms with Gasteiger partial charge in [-0.3, -0.25) is 0 Å². The second kappa shape index (κ2) is 4.81. The van der Waals surface area contributed by atoms with Crippen LogP contribution in [-0.4, -0.2) is 9.97 Å². The number of hydrogen-bond acceptors (Lipinski definition) is 4. The number of ether oxygens (including phenoxy) is 1. The van der Waals surface area contributed by atoms with E-state index in [0.717, 1.165) is 28.0 Å². The van der Waals surface area contributed by atoms with Crippen molar-refractivity contribution in [3.63, 3.8) is 0 Å². The zero-order chi connectivity index (χ0) is 14.1. The van der Waals surface area contributed by atoms with Crippen LogP contribution in [0.25, 0.3) is 16.8 Å². The summed E-state index contributed by atoms with van der Waals surface area (Å²) in [6.07, 6.45) is 5.43. The van der Waals surface area contributed by atoms with E-state index in [2.05, 4.69) is 28.7 Å². The lowest BCUT2D eigenvalue weighted by Crippen LogP contribution is -2.10. The van der Waals surface area contributed by atoms with Gasteiger partial charge in [-0.05, 0) is 29.7 Å². The fraction of sp³-hybridized carbons (Fsp3) is 0.125. The summed E-state index contributed by atoms with van der Waals surface area (Å²) < 4.78 is 5.63. The van der Waals surface area contributed by atoms with Gasteiger partial charge in [0.2, 0.25) is 5.88 Å². The zero-order valence-electron chi connectivity index (χ0n) is 11.3. The Morgan fingerprint density at radius 2 is 2.30 bits per heavy atom. The first kappa shape index (κ1) is 12.4. The summed E-state index contributed by atoms with van der Waals surface area (Å²) in [7, 11) is 0. The highest BCUT2D eigenvalue weighted by Crippen LogP contribution is 2.36. The summed E-state index contributed by atoms with van der Waals surface area (Å²) >= 11 is 0. The van der Waals surface area contributed by atoms with Gasteiger partial charge in [-0.1, -0.05) is 30.9 Å². The highest BCUT2D eigenvalue weighted by atomic mass is 16.5. The molecule has 0 fully saturated rings. The van der Waals surface area contributed by atoms with Crippen molar-refractivity contribution in [2.45, 2.75) is 13.5 Å². The van der Waals surface area contributed by atoms with E-state index in [0.29, 0.717) is 18.3 Å². The van der Waals surface area contributed by atoms with Gasteiger partial charge in [0.1, 0.15) is 18.1 Å². The minimum absolute atomic E-state index is 0.367. The number of benzene rings is 1. The molecule has 0 atom stereocenters. The van der Waals surface area contributed by atoms with Gasteiger partial charge in [0.05, 0.1) is 6.20 Å². The first-order valence-electron chi connectivity index (χ1n) is 6.40. The number of allylic oxidation sites excluding steroid dienone is 3. The number of hydrogen-bond donors (Lipinski definition) is 1. The second-order valence-electron chi connectivity index (χ2n) is 4.56. The van der Waals surface area contributed by atoms with E-state index in [4.69, 9.17) is 10.5 Å². The predicted octanol–water partition coefficient (Wildman–Crippen LogP) is 3.21. The Balaban J connectivity index is 2.12. The van der Waals surface area contributed by atoms with Crippen LogP contribution in [0.2, 0.25) is 0 Å². The molecule has 0 saturated carbocycles. The average Bonchev–Trinajstić information content (AvgIpc) is 2.48. The minimum Gasteiger partial charge on any atom is -0.471 e. The Labute approximate surface area is 117 Å². The maximum atomic E-state index is 5.63. The normalized spacial score (nSPS) is 13.2. The number of rotatable bonds is 2. The third-order valence-electron chi connectivity index (χ3n) is 3.35. The van der Waals surface area contributed by atoms with E-state index in [1.54, 1.807) is 6.20 Å². The van der Waals surface area contributed by atoms with Crippen LogP contribution in [0.5, 0.6) is 5.88 Å². The van der Waals surface area contributed by atoms with E-state index in [9.17, 15) is 0 Å². The smallest absolute Gasteiger partial charge is 0.242 e. The van der Waals surface area contributed by atoms with Gasteiger partial charge in [-0.15, -0.1) is 0 Å². The Kier molecular flexibility index (Phi) is 2.99. The molecule has 0 radical (unpaired) electrons. The molecule has 1 aliphatic rings. The summed E-state index contributed by atoms with van der Waals surface area (Å²) in [5.74, 6) is 0.868. The molecule has 1 aliphatic heterocycles. The SMILES string of the molecule is C=C/C(=C\C)c1ccc2c(c1)COc1nc(N)cnc1-2. The number of fused-ring (bicyclic) bond motifs is 3.